The Morgan fingerprint density at radius 3 is 2.55 bits per heavy atom. The molecule has 0 amide bonds. The summed E-state index contributed by atoms with van der Waals surface area (Å²) in [6.07, 6.45) is 1.84. The van der Waals surface area contributed by atoms with Crippen LogP contribution in [0.1, 0.15) is 18.1 Å². The van der Waals surface area contributed by atoms with Gasteiger partial charge < -0.3 is 9.64 Å². The van der Waals surface area contributed by atoms with Crippen molar-refractivity contribution in [3.8, 4) is 5.75 Å². The maximum absolute atomic E-state index is 5.57. The van der Waals surface area contributed by atoms with Gasteiger partial charge in [-0.05, 0) is 72.1 Å². The third-order valence-corrected chi connectivity index (χ3v) is 4.05. The number of benzene rings is 1. The van der Waals surface area contributed by atoms with Gasteiger partial charge in [-0.2, -0.15) is 0 Å². The number of halogens is 1. The molecule has 0 fully saturated rings. The van der Waals surface area contributed by atoms with Gasteiger partial charge in [-0.25, -0.2) is 4.98 Å². The fourth-order valence-corrected chi connectivity index (χ4v) is 2.22. The van der Waals surface area contributed by atoms with E-state index in [-0.39, 0.29) is 0 Å². The van der Waals surface area contributed by atoms with Crippen LogP contribution in [0.15, 0.2) is 34.9 Å². The first-order valence-corrected chi connectivity index (χ1v) is 7.41. The van der Waals surface area contributed by atoms with Gasteiger partial charge in [0, 0.05) is 23.4 Å². The Bertz CT molecular complexity index is 613. The summed E-state index contributed by atoms with van der Waals surface area (Å²) >= 11 is 3.48. The summed E-state index contributed by atoms with van der Waals surface area (Å²) in [6, 6.07) is 8.24. The molecular formula is C16H19BrN2O. The molecule has 1 aromatic carbocycles. The van der Waals surface area contributed by atoms with Gasteiger partial charge in [0.15, 0.2) is 0 Å². The lowest BCUT2D eigenvalue weighted by Crippen LogP contribution is -2.11. The Kier molecular flexibility index (Phi) is 4.65. The van der Waals surface area contributed by atoms with Crippen molar-refractivity contribution in [3.05, 3.63) is 46.1 Å². The number of pyridine rings is 1. The van der Waals surface area contributed by atoms with Crippen molar-refractivity contribution in [1.82, 2.24) is 4.98 Å². The van der Waals surface area contributed by atoms with Crippen LogP contribution in [-0.2, 0) is 0 Å². The number of aryl methyl sites for hydroxylation is 2. The first-order valence-electron chi connectivity index (χ1n) is 6.62. The second kappa shape index (κ2) is 6.27. The number of anilines is 2. The van der Waals surface area contributed by atoms with Crippen molar-refractivity contribution < 1.29 is 4.74 Å². The summed E-state index contributed by atoms with van der Waals surface area (Å²) in [4.78, 5) is 6.52. The van der Waals surface area contributed by atoms with Crippen molar-refractivity contribution in [1.29, 1.82) is 0 Å². The van der Waals surface area contributed by atoms with Crippen molar-refractivity contribution in [2.45, 2.75) is 20.8 Å². The van der Waals surface area contributed by atoms with Crippen LogP contribution in [0, 0.1) is 13.8 Å². The van der Waals surface area contributed by atoms with Crippen LogP contribution in [0.2, 0.25) is 0 Å². The van der Waals surface area contributed by atoms with Crippen LogP contribution in [-0.4, -0.2) is 18.6 Å². The highest BCUT2D eigenvalue weighted by atomic mass is 79.9. The van der Waals surface area contributed by atoms with Gasteiger partial charge in [0.1, 0.15) is 11.6 Å². The Morgan fingerprint density at radius 2 is 1.95 bits per heavy atom. The van der Waals surface area contributed by atoms with Gasteiger partial charge in [-0.15, -0.1) is 0 Å². The second-order valence-corrected chi connectivity index (χ2v) is 5.59. The fourth-order valence-electron chi connectivity index (χ4n) is 2.00. The molecule has 0 saturated heterocycles. The molecule has 1 heterocycles. The monoisotopic (exact) mass is 334 g/mol. The molecule has 2 aromatic rings. The SMILES string of the molecule is CCOc1ccc(N(C)c2cc(C)c(Br)cn2)cc1C. The van der Waals surface area contributed by atoms with Crippen LogP contribution in [0.4, 0.5) is 11.5 Å². The predicted octanol–water partition coefficient (Wildman–Crippen LogP) is 4.63. The summed E-state index contributed by atoms with van der Waals surface area (Å²) in [6.45, 7) is 6.80. The lowest BCUT2D eigenvalue weighted by Gasteiger charge is -2.20. The fraction of sp³-hybridized carbons (Fsp3) is 0.312. The number of hydrogen-bond donors (Lipinski definition) is 0. The van der Waals surface area contributed by atoms with Crippen molar-refractivity contribution in [2.75, 3.05) is 18.6 Å². The minimum atomic E-state index is 0.684. The summed E-state index contributed by atoms with van der Waals surface area (Å²) in [7, 11) is 2.02. The number of nitrogens with zero attached hydrogens (tertiary/aromatic N) is 2. The van der Waals surface area contributed by atoms with Crippen molar-refractivity contribution >= 4 is 27.4 Å². The zero-order valence-electron chi connectivity index (χ0n) is 12.3. The molecule has 0 atom stereocenters. The lowest BCUT2D eigenvalue weighted by atomic mass is 10.2. The molecule has 0 N–H and O–H groups in total. The van der Waals surface area contributed by atoms with Gasteiger partial charge in [0.2, 0.25) is 0 Å². The Morgan fingerprint density at radius 1 is 1.20 bits per heavy atom. The summed E-state index contributed by atoms with van der Waals surface area (Å²) in [5.41, 5.74) is 3.40. The Hall–Kier alpha value is -1.55. The molecule has 3 nitrogen and oxygen atoms in total. The quantitative estimate of drug-likeness (QED) is 0.815. The van der Waals surface area contributed by atoms with Crippen molar-refractivity contribution in [3.63, 3.8) is 0 Å². The maximum atomic E-state index is 5.57. The topological polar surface area (TPSA) is 25.4 Å². The summed E-state index contributed by atoms with van der Waals surface area (Å²) in [5.74, 6) is 1.86. The Labute approximate surface area is 128 Å². The summed E-state index contributed by atoms with van der Waals surface area (Å²) in [5, 5.41) is 0. The molecule has 0 bridgehead atoms. The van der Waals surface area contributed by atoms with E-state index >= 15 is 0 Å². The van der Waals surface area contributed by atoms with E-state index < -0.39 is 0 Å². The third kappa shape index (κ3) is 3.12. The van der Waals surface area contributed by atoms with E-state index in [4.69, 9.17) is 4.74 Å². The van der Waals surface area contributed by atoms with E-state index in [1.54, 1.807) is 0 Å². The molecule has 20 heavy (non-hydrogen) atoms. The second-order valence-electron chi connectivity index (χ2n) is 4.73. The molecule has 4 heteroatoms. The standard InChI is InChI=1S/C16H19BrN2O/c1-5-20-15-7-6-13(8-12(15)3)19(4)16-9-11(2)14(17)10-18-16/h6-10H,5H2,1-4H3. The molecule has 0 aliphatic carbocycles. The highest BCUT2D eigenvalue weighted by Crippen LogP contribution is 2.29. The predicted molar refractivity (Wildman–Crippen MR) is 87.1 cm³/mol. The zero-order chi connectivity index (χ0) is 14.7. The molecule has 0 saturated carbocycles. The van der Waals surface area contributed by atoms with Crippen LogP contribution in [0.3, 0.4) is 0 Å². The van der Waals surface area contributed by atoms with E-state index in [1.165, 1.54) is 5.56 Å². The third-order valence-electron chi connectivity index (χ3n) is 3.22. The van der Waals surface area contributed by atoms with E-state index in [2.05, 4.69) is 57.9 Å². The minimum absolute atomic E-state index is 0.684. The molecule has 0 aliphatic heterocycles. The van der Waals surface area contributed by atoms with Gasteiger partial charge in [0.05, 0.1) is 6.61 Å². The molecule has 0 unspecified atom stereocenters. The molecule has 1 aromatic heterocycles. The van der Waals surface area contributed by atoms with E-state index in [1.807, 2.05) is 26.2 Å². The smallest absolute Gasteiger partial charge is 0.132 e. The van der Waals surface area contributed by atoms with Crippen LogP contribution < -0.4 is 9.64 Å². The van der Waals surface area contributed by atoms with Crippen LogP contribution in [0.25, 0.3) is 0 Å². The average molecular weight is 335 g/mol. The number of hydrogen-bond acceptors (Lipinski definition) is 3. The van der Waals surface area contributed by atoms with Crippen LogP contribution >= 0.6 is 15.9 Å². The van der Waals surface area contributed by atoms with Gasteiger partial charge in [-0.3, -0.25) is 0 Å². The van der Waals surface area contributed by atoms with Crippen LogP contribution in [0.5, 0.6) is 5.75 Å². The average Bonchev–Trinajstić information content (AvgIpc) is 2.43. The number of rotatable bonds is 4. The normalized spacial score (nSPS) is 10.4. The Balaban J connectivity index is 2.30. The van der Waals surface area contributed by atoms with Gasteiger partial charge >= 0.3 is 0 Å². The van der Waals surface area contributed by atoms with E-state index in [9.17, 15) is 0 Å². The van der Waals surface area contributed by atoms with Gasteiger partial charge in [-0.1, -0.05) is 0 Å². The number of aromatic nitrogens is 1. The molecule has 0 spiro atoms. The molecule has 0 radical (unpaired) electrons. The maximum Gasteiger partial charge on any atom is 0.132 e. The molecule has 0 aliphatic rings. The lowest BCUT2D eigenvalue weighted by molar-refractivity contribution is 0.338. The number of ether oxygens (including phenoxy) is 1. The molecule has 106 valence electrons. The first kappa shape index (κ1) is 14.9. The largest absolute Gasteiger partial charge is 0.494 e. The zero-order valence-corrected chi connectivity index (χ0v) is 13.9. The highest BCUT2D eigenvalue weighted by Gasteiger charge is 2.09. The van der Waals surface area contributed by atoms with E-state index in [0.29, 0.717) is 6.61 Å². The first-order chi connectivity index (χ1) is 9.52. The van der Waals surface area contributed by atoms with E-state index in [0.717, 1.165) is 27.3 Å². The highest BCUT2D eigenvalue weighted by molar-refractivity contribution is 9.10. The minimum Gasteiger partial charge on any atom is -0.494 e. The molecular weight excluding hydrogens is 316 g/mol. The van der Waals surface area contributed by atoms with Crippen molar-refractivity contribution in [2.24, 2.45) is 0 Å². The van der Waals surface area contributed by atoms with Gasteiger partial charge in [0.25, 0.3) is 0 Å². The molecule has 2 rings (SSSR count). The summed E-state index contributed by atoms with van der Waals surface area (Å²) < 4.78 is 6.60.